The van der Waals surface area contributed by atoms with E-state index in [1.807, 2.05) is 0 Å². The molecule has 0 radical (unpaired) electrons. The van der Waals surface area contributed by atoms with E-state index in [0.717, 1.165) is 12.0 Å². The fraction of sp³-hybridized carbons (Fsp3) is 1.00. The maximum atomic E-state index is 3.39. The zero-order chi connectivity index (χ0) is 6.97. The molecule has 74 valence electrons. The first-order valence-electron chi connectivity index (χ1n) is 4.30. The van der Waals surface area contributed by atoms with E-state index in [9.17, 15) is 0 Å². The molecule has 2 nitrogen and oxygen atoms in total. The molecule has 0 saturated carbocycles. The summed E-state index contributed by atoms with van der Waals surface area (Å²) in [6.07, 6.45) is 2.84. The van der Waals surface area contributed by atoms with E-state index in [4.69, 9.17) is 0 Å². The summed E-state index contributed by atoms with van der Waals surface area (Å²) in [4.78, 5) is 2.57. The van der Waals surface area contributed by atoms with Crippen molar-refractivity contribution in [3.8, 4) is 0 Å². The van der Waals surface area contributed by atoms with E-state index in [2.05, 4.69) is 17.3 Å². The lowest BCUT2D eigenvalue weighted by atomic mass is 9.84. The SMILES string of the molecule is CNC1CN2CCC1CC2.Cl.Cl. The zero-order valence-corrected chi connectivity index (χ0v) is 9.09. The number of piperidine rings is 3. The minimum absolute atomic E-state index is 0. The number of rotatable bonds is 1. The first-order chi connectivity index (χ1) is 4.90. The highest BCUT2D eigenvalue weighted by Crippen LogP contribution is 2.26. The fourth-order valence-electron chi connectivity index (χ4n) is 2.29. The van der Waals surface area contributed by atoms with Gasteiger partial charge in [0.15, 0.2) is 0 Å². The summed E-state index contributed by atoms with van der Waals surface area (Å²) in [5.74, 6) is 0.981. The predicted molar refractivity (Wildman–Crippen MR) is 56.5 cm³/mol. The maximum absolute atomic E-state index is 3.39. The van der Waals surface area contributed by atoms with E-state index in [1.54, 1.807) is 0 Å². The maximum Gasteiger partial charge on any atom is 0.0221 e. The average Bonchev–Trinajstić information content (AvgIpc) is 2.06. The molecule has 4 heteroatoms. The first-order valence-corrected chi connectivity index (χ1v) is 4.30. The molecule has 12 heavy (non-hydrogen) atoms. The Morgan fingerprint density at radius 3 is 2.00 bits per heavy atom. The standard InChI is InChI=1S/C8H16N2.2ClH/c1-9-8-6-10-4-2-7(8)3-5-10;;/h7-9H,2-6H2,1H3;2*1H. The summed E-state index contributed by atoms with van der Waals surface area (Å²) < 4.78 is 0. The molecule has 0 amide bonds. The van der Waals surface area contributed by atoms with Crippen LogP contribution in [0.15, 0.2) is 0 Å². The van der Waals surface area contributed by atoms with Crippen LogP contribution in [-0.4, -0.2) is 37.6 Å². The van der Waals surface area contributed by atoms with Crippen LogP contribution in [0.4, 0.5) is 0 Å². The third kappa shape index (κ3) is 2.25. The van der Waals surface area contributed by atoms with Crippen LogP contribution in [0, 0.1) is 5.92 Å². The predicted octanol–water partition coefficient (Wildman–Crippen LogP) is 1.14. The normalized spacial score (nSPS) is 38.2. The average molecular weight is 213 g/mol. The molecule has 1 unspecified atom stereocenters. The monoisotopic (exact) mass is 212 g/mol. The Labute approximate surface area is 86.9 Å². The zero-order valence-electron chi connectivity index (χ0n) is 7.45. The highest BCUT2D eigenvalue weighted by Gasteiger charge is 2.32. The van der Waals surface area contributed by atoms with Gasteiger partial charge in [0.05, 0.1) is 0 Å². The van der Waals surface area contributed by atoms with Crippen LogP contribution in [0.1, 0.15) is 12.8 Å². The number of fused-ring (bicyclic) bond motifs is 3. The van der Waals surface area contributed by atoms with Gasteiger partial charge in [0, 0.05) is 12.6 Å². The fourth-order valence-corrected chi connectivity index (χ4v) is 2.29. The van der Waals surface area contributed by atoms with Gasteiger partial charge in [-0.2, -0.15) is 0 Å². The van der Waals surface area contributed by atoms with Gasteiger partial charge in [-0.05, 0) is 38.9 Å². The molecular formula is C8H18Cl2N2. The number of hydrogen-bond acceptors (Lipinski definition) is 2. The van der Waals surface area contributed by atoms with Crippen LogP contribution in [0.25, 0.3) is 0 Å². The minimum atomic E-state index is 0. The van der Waals surface area contributed by atoms with Crippen molar-refractivity contribution in [2.24, 2.45) is 5.92 Å². The molecule has 2 bridgehead atoms. The van der Waals surface area contributed by atoms with Crippen LogP contribution in [0.2, 0.25) is 0 Å². The van der Waals surface area contributed by atoms with Crippen molar-refractivity contribution in [2.45, 2.75) is 18.9 Å². The third-order valence-electron chi connectivity index (χ3n) is 3.03. The van der Waals surface area contributed by atoms with E-state index >= 15 is 0 Å². The molecule has 0 spiro atoms. The second-order valence-corrected chi connectivity index (χ2v) is 3.53. The Morgan fingerprint density at radius 1 is 1.17 bits per heavy atom. The van der Waals surface area contributed by atoms with Crippen molar-refractivity contribution in [1.82, 2.24) is 10.2 Å². The van der Waals surface area contributed by atoms with E-state index < -0.39 is 0 Å². The second-order valence-electron chi connectivity index (χ2n) is 3.53. The van der Waals surface area contributed by atoms with Gasteiger partial charge in [0.1, 0.15) is 0 Å². The molecule has 3 aliphatic rings. The smallest absolute Gasteiger partial charge is 0.0221 e. The van der Waals surface area contributed by atoms with Crippen LogP contribution in [-0.2, 0) is 0 Å². The van der Waals surface area contributed by atoms with Gasteiger partial charge in [-0.15, -0.1) is 24.8 Å². The molecule has 3 saturated heterocycles. The molecule has 1 atom stereocenters. The van der Waals surface area contributed by atoms with E-state index in [1.165, 1.54) is 32.5 Å². The summed E-state index contributed by atoms with van der Waals surface area (Å²) in [6.45, 7) is 3.99. The summed E-state index contributed by atoms with van der Waals surface area (Å²) >= 11 is 0. The van der Waals surface area contributed by atoms with Crippen LogP contribution in [0.3, 0.4) is 0 Å². The Morgan fingerprint density at radius 2 is 1.75 bits per heavy atom. The molecule has 3 aliphatic heterocycles. The third-order valence-corrected chi connectivity index (χ3v) is 3.03. The number of hydrogen-bond donors (Lipinski definition) is 1. The molecule has 0 aromatic heterocycles. The van der Waals surface area contributed by atoms with Gasteiger partial charge >= 0.3 is 0 Å². The molecule has 3 fully saturated rings. The Kier molecular flexibility index (Phi) is 5.50. The lowest BCUT2D eigenvalue weighted by Crippen LogP contribution is -2.55. The minimum Gasteiger partial charge on any atom is -0.315 e. The Hall–Kier alpha value is 0.500. The van der Waals surface area contributed by atoms with Crippen LogP contribution >= 0.6 is 24.8 Å². The molecular weight excluding hydrogens is 195 g/mol. The molecule has 0 aromatic rings. The van der Waals surface area contributed by atoms with E-state index in [-0.39, 0.29) is 24.8 Å². The number of nitrogens with zero attached hydrogens (tertiary/aromatic N) is 1. The van der Waals surface area contributed by atoms with Crippen molar-refractivity contribution < 1.29 is 0 Å². The van der Waals surface area contributed by atoms with Crippen molar-refractivity contribution in [1.29, 1.82) is 0 Å². The quantitative estimate of drug-likeness (QED) is 0.702. The van der Waals surface area contributed by atoms with Gasteiger partial charge in [0.2, 0.25) is 0 Å². The number of likely N-dealkylation sites (N-methyl/N-ethyl adjacent to an activating group) is 1. The summed E-state index contributed by atoms with van der Waals surface area (Å²) in [7, 11) is 2.09. The Bertz CT molecular complexity index is 124. The Balaban J connectivity index is 0.000000605. The molecule has 3 heterocycles. The van der Waals surface area contributed by atoms with Gasteiger partial charge in [-0.3, -0.25) is 0 Å². The molecule has 0 aromatic carbocycles. The lowest BCUT2D eigenvalue weighted by Gasteiger charge is -2.44. The molecule has 1 N–H and O–H groups in total. The van der Waals surface area contributed by atoms with Crippen molar-refractivity contribution in [3.05, 3.63) is 0 Å². The topological polar surface area (TPSA) is 15.3 Å². The first kappa shape index (κ1) is 12.5. The van der Waals surface area contributed by atoms with Gasteiger partial charge in [-0.25, -0.2) is 0 Å². The lowest BCUT2D eigenvalue weighted by molar-refractivity contribution is 0.0764. The summed E-state index contributed by atoms with van der Waals surface area (Å²) in [5, 5.41) is 3.39. The van der Waals surface area contributed by atoms with Crippen molar-refractivity contribution >= 4 is 24.8 Å². The largest absolute Gasteiger partial charge is 0.315 e. The van der Waals surface area contributed by atoms with Gasteiger partial charge in [0.25, 0.3) is 0 Å². The van der Waals surface area contributed by atoms with Crippen LogP contribution in [0.5, 0.6) is 0 Å². The number of halogens is 2. The number of nitrogens with one attached hydrogen (secondary N) is 1. The highest BCUT2D eigenvalue weighted by atomic mass is 35.5. The van der Waals surface area contributed by atoms with Crippen LogP contribution < -0.4 is 5.32 Å². The molecule has 0 aliphatic carbocycles. The molecule has 3 rings (SSSR count). The van der Waals surface area contributed by atoms with Gasteiger partial charge < -0.3 is 10.2 Å². The second kappa shape index (κ2) is 5.28. The van der Waals surface area contributed by atoms with Gasteiger partial charge in [-0.1, -0.05) is 0 Å². The summed E-state index contributed by atoms with van der Waals surface area (Å²) in [5.41, 5.74) is 0. The van der Waals surface area contributed by atoms with Crippen molar-refractivity contribution in [2.75, 3.05) is 26.7 Å². The van der Waals surface area contributed by atoms with E-state index in [0.29, 0.717) is 0 Å². The highest BCUT2D eigenvalue weighted by molar-refractivity contribution is 5.85. The van der Waals surface area contributed by atoms with Crippen molar-refractivity contribution in [3.63, 3.8) is 0 Å². The summed E-state index contributed by atoms with van der Waals surface area (Å²) in [6, 6.07) is 0.794.